The van der Waals surface area contributed by atoms with Crippen molar-refractivity contribution in [3.8, 4) is 0 Å². The predicted octanol–water partition coefficient (Wildman–Crippen LogP) is 5.35. The lowest BCUT2D eigenvalue weighted by Gasteiger charge is -2.18. The van der Waals surface area contributed by atoms with Gasteiger partial charge >= 0.3 is 5.97 Å². The van der Waals surface area contributed by atoms with Crippen molar-refractivity contribution in [2.45, 2.75) is 78.6 Å². The quantitative estimate of drug-likeness (QED) is 0.474. The molecule has 140 valence electrons. The fraction of sp³-hybridized carbons (Fsp3) is 0.700. The fourth-order valence-electron chi connectivity index (χ4n) is 3.34. The van der Waals surface area contributed by atoms with Gasteiger partial charge in [0.25, 0.3) is 0 Å². The van der Waals surface area contributed by atoms with Gasteiger partial charge in [0.05, 0.1) is 12.2 Å². The van der Waals surface area contributed by atoms with E-state index in [-0.39, 0.29) is 11.9 Å². The third-order valence-corrected chi connectivity index (χ3v) is 5.92. The third-order valence-electron chi connectivity index (χ3n) is 4.75. The summed E-state index contributed by atoms with van der Waals surface area (Å²) in [5.41, 5.74) is 1.70. The molecule has 1 amide bonds. The Hall–Kier alpha value is -1.36. The summed E-state index contributed by atoms with van der Waals surface area (Å²) in [7, 11) is 0. The van der Waals surface area contributed by atoms with Crippen molar-refractivity contribution in [2.24, 2.45) is 5.92 Å². The van der Waals surface area contributed by atoms with Crippen LogP contribution in [0.4, 0.5) is 5.00 Å². The molecule has 0 aliphatic heterocycles. The van der Waals surface area contributed by atoms with E-state index in [1.165, 1.54) is 24.1 Å². The van der Waals surface area contributed by atoms with Crippen LogP contribution in [-0.2, 0) is 22.4 Å². The van der Waals surface area contributed by atoms with Crippen molar-refractivity contribution >= 4 is 28.2 Å². The second-order valence-corrected chi connectivity index (χ2v) is 8.09. The number of esters is 1. The van der Waals surface area contributed by atoms with Crippen LogP contribution in [0.25, 0.3) is 0 Å². The summed E-state index contributed by atoms with van der Waals surface area (Å²) in [5.74, 6) is 0.338. The largest absolute Gasteiger partial charge is 0.462 e. The number of anilines is 1. The van der Waals surface area contributed by atoms with Crippen molar-refractivity contribution in [3.05, 3.63) is 16.0 Å². The van der Waals surface area contributed by atoms with E-state index in [0.717, 1.165) is 37.7 Å². The van der Waals surface area contributed by atoms with Gasteiger partial charge in [0.2, 0.25) is 5.91 Å². The highest BCUT2D eigenvalue weighted by Gasteiger charge is 2.29. The monoisotopic (exact) mass is 365 g/mol. The van der Waals surface area contributed by atoms with Crippen LogP contribution in [0.1, 0.15) is 86.5 Å². The average molecular weight is 366 g/mol. The maximum absolute atomic E-state index is 12.4. The molecule has 0 radical (unpaired) electrons. The summed E-state index contributed by atoms with van der Waals surface area (Å²) in [6.45, 7) is 6.59. The molecule has 0 fully saturated rings. The Kier molecular flexibility index (Phi) is 7.94. The van der Waals surface area contributed by atoms with Gasteiger partial charge in [0, 0.05) is 11.3 Å². The summed E-state index contributed by atoms with van der Waals surface area (Å²) in [6, 6.07) is 0. The number of thiophene rings is 1. The van der Waals surface area contributed by atoms with E-state index in [4.69, 9.17) is 4.74 Å². The van der Waals surface area contributed by atoms with Gasteiger partial charge in [-0.1, -0.05) is 39.5 Å². The van der Waals surface area contributed by atoms with E-state index >= 15 is 0 Å². The van der Waals surface area contributed by atoms with Gasteiger partial charge in [-0.3, -0.25) is 4.79 Å². The van der Waals surface area contributed by atoms with Gasteiger partial charge < -0.3 is 10.1 Å². The Labute approximate surface area is 155 Å². The van der Waals surface area contributed by atoms with Gasteiger partial charge in [0.1, 0.15) is 5.00 Å². The smallest absolute Gasteiger partial charge is 0.341 e. The zero-order chi connectivity index (χ0) is 18.2. The molecule has 5 heteroatoms. The van der Waals surface area contributed by atoms with Crippen LogP contribution in [0.2, 0.25) is 0 Å². The van der Waals surface area contributed by atoms with Gasteiger partial charge in [-0.2, -0.15) is 0 Å². The van der Waals surface area contributed by atoms with E-state index in [2.05, 4.69) is 19.2 Å². The van der Waals surface area contributed by atoms with Gasteiger partial charge in [0.15, 0.2) is 0 Å². The molecule has 0 saturated carbocycles. The average Bonchev–Trinajstić information content (AvgIpc) is 2.91. The lowest BCUT2D eigenvalue weighted by Crippen LogP contribution is -2.16. The van der Waals surface area contributed by atoms with E-state index in [1.807, 2.05) is 6.92 Å². The maximum atomic E-state index is 12.4. The van der Waals surface area contributed by atoms with Crippen LogP contribution < -0.4 is 5.32 Å². The highest BCUT2D eigenvalue weighted by Crippen LogP contribution is 2.40. The zero-order valence-electron chi connectivity index (χ0n) is 15.8. The second-order valence-electron chi connectivity index (χ2n) is 6.99. The molecule has 1 unspecified atom stereocenters. The number of ether oxygens (including phenoxy) is 1. The minimum Gasteiger partial charge on any atom is -0.462 e. The van der Waals surface area contributed by atoms with Crippen LogP contribution >= 0.6 is 11.3 Å². The molecular weight excluding hydrogens is 334 g/mol. The van der Waals surface area contributed by atoms with Gasteiger partial charge in [-0.15, -0.1) is 11.3 Å². The summed E-state index contributed by atoms with van der Waals surface area (Å²) < 4.78 is 5.24. The first-order valence-corrected chi connectivity index (χ1v) is 10.5. The molecule has 1 atom stereocenters. The van der Waals surface area contributed by atoms with E-state index in [0.29, 0.717) is 29.5 Å². The minimum absolute atomic E-state index is 0.00805. The normalized spacial score (nSPS) is 16.4. The predicted molar refractivity (Wildman–Crippen MR) is 103 cm³/mol. The SMILES string of the molecule is CCCCCCCC(=O)Nc1sc2c(c1C(=O)OCC)CCC(C)C2. The summed E-state index contributed by atoms with van der Waals surface area (Å²) in [6.07, 6.45) is 9.09. The number of nitrogens with one attached hydrogen (secondary N) is 1. The molecule has 1 N–H and O–H groups in total. The number of hydrogen-bond donors (Lipinski definition) is 1. The molecule has 1 aromatic rings. The molecule has 1 aliphatic rings. The minimum atomic E-state index is -0.298. The highest BCUT2D eigenvalue weighted by atomic mass is 32.1. The molecule has 0 saturated heterocycles. The number of fused-ring (bicyclic) bond motifs is 1. The summed E-state index contributed by atoms with van der Waals surface area (Å²) in [4.78, 5) is 26.0. The lowest BCUT2D eigenvalue weighted by atomic mass is 9.88. The molecule has 0 bridgehead atoms. The van der Waals surface area contributed by atoms with Crippen molar-refractivity contribution < 1.29 is 14.3 Å². The Bertz CT molecular complexity index is 594. The van der Waals surface area contributed by atoms with Crippen molar-refractivity contribution in [1.29, 1.82) is 0 Å². The number of hydrogen-bond acceptors (Lipinski definition) is 4. The summed E-state index contributed by atoms with van der Waals surface area (Å²) in [5, 5.41) is 3.68. The van der Waals surface area contributed by atoms with E-state index in [1.54, 1.807) is 11.3 Å². The number of amides is 1. The Morgan fingerprint density at radius 3 is 2.68 bits per heavy atom. The molecule has 0 aromatic carbocycles. The van der Waals surface area contributed by atoms with Crippen molar-refractivity contribution in [2.75, 3.05) is 11.9 Å². The van der Waals surface area contributed by atoms with Crippen LogP contribution in [-0.4, -0.2) is 18.5 Å². The topological polar surface area (TPSA) is 55.4 Å². The first-order valence-electron chi connectivity index (χ1n) is 9.68. The van der Waals surface area contributed by atoms with Gasteiger partial charge in [-0.05, 0) is 44.1 Å². The van der Waals surface area contributed by atoms with Crippen LogP contribution in [0.5, 0.6) is 0 Å². The second kappa shape index (κ2) is 9.95. The Balaban J connectivity index is 2.05. The Morgan fingerprint density at radius 2 is 1.96 bits per heavy atom. The number of carbonyl (C=O) groups excluding carboxylic acids is 2. The molecule has 4 nitrogen and oxygen atoms in total. The summed E-state index contributed by atoms with van der Waals surface area (Å²) >= 11 is 1.56. The molecule has 1 heterocycles. The standard InChI is InChI=1S/C20H31NO3S/c1-4-6-7-8-9-10-17(22)21-19-18(20(23)24-5-2)15-12-11-14(3)13-16(15)25-19/h14H,4-13H2,1-3H3,(H,21,22). The Morgan fingerprint density at radius 1 is 1.20 bits per heavy atom. The van der Waals surface area contributed by atoms with Crippen LogP contribution in [0, 0.1) is 5.92 Å². The van der Waals surface area contributed by atoms with E-state index < -0.39 is 0 Å². The molecule has 1 aromatic heterocycles. The highest BCUT2D eigenvalue weighted by molar-refractivity contribution is 7.17. The lowest BCUT2D eigenvalue weighted by molar-refractivity contribution is -0.116. The van der Waals surface area contributed by atoms with Crippen molar-refractivity contribution in [3.63, 3.8) is 0 Å². The van der Waals surface area contributed by atoms with E-state index in [9.17, 15) is 9.59 Å². The maximum Gasteiger partial charge on any atom is 0.341 e. The van der Waals surface area contributed by atoms with Crippen LogP contribution in [0.3, 0.4) is 0 Å². The van der Waals surface area contributed by atoms with Crippen LogP contribution in [0.15, 0.2) is 0 Å². The number of rotatable bonds is 9. The molecule has 0 spiro atoms. The molecular formula is C20H31NO3S. The first-order chi connectivity index (χ1) is 12.1. The molecule has 2 rings (SSSR count). The third kappa shape index (κ3) is 5.56. The van der Waals surface area contributed by atoms with Gasteiger partial charge in [-0.25, -0.2) is 4.79 Å². The fourth-order valence-corrected chi connectivity index (χ4v) is 4.75. The zero-order valence-corrected chi connectivity index (χ0v) is 16.6. The first kappa shape index (κ1) is 20.0. The number of carbonyl (C=O) groups is 2. The number of unbranched alkanes of at least 4 members (excludes halogenated alkanes) is 4. The molecule has 25 heavy (non-hydrogen) atoms. The van der Waals surface area contributed by atoms with Crippen molar-refractivity contribution in [1.82, 2.24) is 0 Å². The molecule has 1 aliphatic carbocycles.